The molecule has 5 nitrogen and oxygen atoms in total. The average molecular weight is 351 g/mol. The summed E-state index contributed by atoms with van der Waals surface area (Å²) < 4.78 is 0. The quantitative estimate of drug-likeness (QED) is 0.921. The second kappa shape index (κ2) is 7.28. The van der Waals surface area contributed by atoms with Gasteiger partial charge in [-0.05, 0) is 29.2 Å². The smallest absolute Gasteiger partial charge is 0.227 e. The Kier molecular flexibility index (Phi) is 5.07. The summed E-state index contributed by atoms with van der Waals surface area (Å²) in [6, 6.07) is 13.5. The van der Waals surface area contributed by atoms with Crippen LogP contribution in [0.5, 0.6) is 0 Å². The molecule has 0 aliphatic carbocycles. The SMILES string of the molecule is CC(C)(C)c1ccccc1N1CC(C(=O)NCc2ccccn2)CC1=O. The van der Waals surface area contributed by atoms with Crippen molar-refractivity contribution in [2.24, 2.45) is 5.92 Å². The predicted octanol–water partition coefficient (Wildman–Crippen LogP) is 3.05. The van der Waals surface area contributed by atoms with Crippen molar-refractivity contribution in [1.82, 2.24) is 10.3 Å². The lowest BCUT2D eigenvalue weighted by Gasteiger charge is -2.27. The zero-order chi connectivity index (χ0) is 18.7. The molecule has 0 spiro atoms. The van der Waals surface area contributed by atoms with Crippen LogP contribution in [0, 0.1) is 5.92 Å². The maximum absolute atomic E-state index is 12.6. The summed E-state index contributed by atoms with van der Waals surface area (Å²) in [6.45, 7) is 7.18. The Morgan fingerprint density at radius 1 is 1.19 bits per heavy atom. The number of hydrogen-bond donors (Lipinski definition) is 1. The predicted molar refractivity (Wildman–Crippen MR) is 102 cm³/mol. The summed E-state index contributed by atoms with van der Waals surface area (Å²) in [6.07, 6.45) is 1.94. The number of carbonyl (C=O) groups is 2. The first-order valence-corrected chi connectivity index (χ1v) is 8.94. The van der Waals surface area contributed by atoms with E-state index in [4.69, 9.17) is 0 Å². The Balaban J connectivity index is 1.70. The molecule has 1 aliphatic heterocycles. The first-order chi connectivity index (χ1) is 12.4. The molecular weight excluding hydrogens is 326 g/mol. The Morgan fingerprint density at radius 3 is 2.62 bits per heavy atom. The van der Waals surface area contributed by atoms with Crippen molar-refractivity contribution in [3.63, 3.8) is 0 Å². The zero-order valence-corrected chi connectivity index (χ0v) is 15.5. The lowest BCUT2D eigenvalue weighted by atomic mass is 9.85. The second-order valence-corrected chi connectivity index (χ2v) is 7.71. The largest absolute Gasteiger partial charge is 0.350 e. The lowest BCUT2D eigenvalue weighted by Crippen LogP contribution is -2.33. The van der Waals surface area contributed by atoms with E-state index in [-0.39, 0.29) is 29.6 Å². The minimum Gasteiger partial charge on any atom is -0.350 e. The summed E-state index contributed by atoms with van der Waals surface area (Å²) in [4.78, 5) is 31.0. The molecule has 2 amide bonds. The average Bonchev–Trinajstić information content (AvgIpc) is 3.01. The normalized spacial score (nSPS) is 17.4. The van der Waals surface area contributed by atoms with E-state index in [1.165, 1.54) is 0 Å². The third kappa shape index (κ3) is 3.93. The van der Waals surface area contributed by atoms with Crippen molar-refractivity contribution in [2.45, 2.75) is 39.2 Å². The molecular formula is C21H25N3O2. The highest BCUT2D eigenvalue weighted by molar-refractivity contribution is 6.01. The van der Waals surface area contributed by atoms with Gasteiger partial charge in [-0.3, -0.25) is 14.6 Å². The van der Waals surface area contributed by atoms with Gasteiger partial charge in [0.25, 0.3) is 0 Å². The number of anilines is 1. The van der Waals surface area contributed by atoms with E-state index in [2.05, 4.69) is 37.1 Å². The first-order valence-electron chi connectivity index (χ1n) is 8.94. The van der Waals surface area contributed by atoms with Crippen LogP contribution in [0.4, 0.5) is 5.69 Å². The van der Waals surface area contributed by atoms with Crippen molar-refractivity contribution in [1.29, 1.82) is 0 Å². The fourth-order valence-corrected chi connectivity index (χ4v) is 3.28. The number of amides is 2. The molecule has 2 heterocycles. The van der Waals surface area contributed by atoms with Crippen molar-refractivity contribution >= 4 is 17.5 Å². The van der Waals surface area contributed by atoms with Gasteiger partial charge in [-0.25, -0.2) is 0 Å². The maximum atomic E-state index is 12.6. The van der Waals surface area contributed by atoms with E-state index < -0.39 is 0 Å². The molecule has 3 rings (SSSR count). The Labute approximate surface area is 154 Å². The third-order valence-corrected chi connectivity index (χ3v) is 4.67. The lowest BCUT2D eigenvalue weighted by molar-refractivity contribution is -0.126. The van der Waals surface area contributed by atoms with Crippen LogP contribution in [0.2, 0.25) is 0 Å². The minimum absolute atomic E-state index is 0.000291. The Hall–Kier alpha value is -2.69. The van der Waals surface area contributed by atoms with Crippen molar-refractivity contribution in [2.75, 3.05) is 11.4 Å². The van der Waals surface area contributed by atoms with Crippen LogP contribution >= 0.6 is 0 Å². The maximum Gasteiger partial charge on any atom is 0.227 e. The molecule has 1 atom stereocenters. The van der Waals surface area contributed by atoms with E-state index in [0.717, 1.165) is 16.9 Å². The van der Waals surface area contributed by atoms with Gasteiger partial charge in [0.15, 0.2) is 0 Å². The molecule has 0 saturated carbocycles. The molecule has 0 radical (unpaired) electrons. The van der Waals surface area contributed by atoms with Gasteiger partial charge in [-0.2, -0.15) is 0 Å². The van der Waals surface area contributed by atoms with Crippen LogP contribution in [-0.2, 0) is 21.5 Å². The van der Waals surface area contributed by atoms with E-state index in [1.54, 1.807) is 11.1 Å². The summed E-state index contributed by atoms with van der Waals surface area (Å²) in [5, 5.41) is 2.90. The van der Waals surface area contributed by atoms with Gasteiger partial charge < -0.3 is 10.2 Å². The zero-order valence-electron chi connectivity index (χ0n) is 15.5. The van der Waals surface area contributed by atoms with Gasteiger partial charge in [0, 0.05) is 24.8 Å². The van der Waals surface area contributed by atoms with Crippen molar-refractivity contribution in [3.8, 4) is 0 Å². The van der Waals surface area contributed by atoms with Crippen LogP contribution in [0.3, 0.4) is 0 Å². The first kappa shape index (κ1) is 18.1. The Morgan fingerprint density at radius 2 is 1.92 bits per heavy atom. The highest BCUT2D eigenvalue weighted by Crippen LogP contribution is 2.35. The molecule has 1 aromatic carbocycles. The number of rotatable bonds is 4. The van der Waals surface area contributed by atoms with E-state index in [9.17, 15) is 9.59 Å². The van der Waals surface area contributed by atoms with Crippen molar-refractivity contribution < 1.29 is 9.59 Å². The molecule has 136 valence electrons. The van der Waals surface area contributed by atoms with Gasteiger partial charge >= 0.3 is 0 Å². The van der Waals surface area contributed by atoms with Crippen LogP contribution in [0.25, 0.3) is 0 Å². The van der Waals surface area contributed by atoms with Crippen LogP contribution in [0.15, 0.2) is 48.7 Å². The molecule has 1 N–H and O–H groups in total. The fraction of sp³-hybridized carbons (Fsp3) is 0.381. The molecule has 2 aromatic rings. The summed E-state index contributed by atoms with van der Waals surface area (Å²) in [5.41, 5.74) is 2.75. The monoisotopic (exact) mass is 351 g/mol. The summed E-state index contributed by atoms with van der Waals surface area (Å²) >= 11 is 0. The van der Waals surface area contributed by atoms with Gasteiger partial charge in [0.2, 0.25) is 11.8 Å². The molecule has 1 saturated heterocycles. The van der Waals surface area contributed by atoms with Crippen LogP contribution < -0.4 is 10.2 Å². The van der Waals surface area contributed by atoms with E-state index >= 15 is 0 Å². The molecule has 0 bridgehead atoms. The number of para-hydroxylation sites is 1. The molecule has 1 aliphatic rings. The molecule has 1 fully saturated rings. The van der Waals surface area contributed by atoms with Crippen LogP contribution in [-0.4, -0.2) is 23.3 Å². The Bertz CT molecular complexity index is 796. The molecule has 1 aromatic heterocycles. The molecule has 26 heavy (non-hydrogen) atoms. The molecule has 5 heteroatoms. The van der Waals surface area contributed by atoms with E-state index in [1.807, 2.05) is 36.4 Å². The minimum atomic E-state index is -0.334. The number of nitrogens with zero attached hydrogens (tertiary/aromatic N) is 2. The number of pyridine rings is 1. The van der Waals surface area contributed by atoms with Crippen molar-refractivity contribution in [3.05, 3.63) is 59.9 Å². The summed E-state index contributed by atoms with van der Waals surface area (Å²) in [5.74, 6) is -0.432. The second-order valence-electron chi connectivity index (χ2n) is 7.71. The molecule has 1 unspecified atom stereocenters. The number of carbonyl (C=O) groups excluding carboxylic acids is 2. The van der Waals surface area contributed by atoms with Gasteiger partial charge in [0.1, 0.15) is 0 Å². The third-order valence-electron chi connectivity index (χ3n) is 4.67. The number of hydrogen-bond acceptors (Lipinski definition) is 3. The highest BCUT2D eigenvalue weighted by Gasteiger charge is 2.36. The number of aromatic nitrogens is 1. The number of benzene rings is 1. The summed E-state index contributed by atoms with van der Waals surface area (Å²) in [7, 11) is 0. The number of nitrogens with one attached hydrogen (secondary N) is 1. The highest BCUT2D eigenvalue weighted by atomic mass is 16.2. The topological polar surface area (TPSA) is 62.3 Å². The van der Waals surface area contributed by atoms with E-state index in [0.29, 0.717) is 13.1 Å². The fourth-order valence-electron chi connectivity index (χ4n) is 3.28. The van der Waals surface area contributed by atoms with Gasteiger partial charge in [-0.1, -0.05) is 45.0 Å². The van der Waals surface area contributed by atoms with Gasteiger partial charge in [0.05, 0.1) is 18.2 Å². The standard InChI is InChI=1S/C21H25N3O2/c1-21(2,3)17-9-4-5-10-18(17)24-14-15(12-19(24)25)20(26)23-13-16-8-6-7-11-22-16/h4-11,15H,12-14H2,1-3H3,(H,23,26). The van der Waals surface area contributed by atoms with Crippen LogP contribution in [0.1, 0.15) is 38.4 Å². The van der Waals surface area contributed by atoms with Gasteiger partial charge in [-0.15, -0.1) is 0 Å².